The normalized spacial score (nSPS) is 24.0. The monoisotopic (exact) mass is 380 g/mol. The molecule has 3 heterocycles. The van der Waals surface area contributed by atoms with Crippen molar-refractivity contribution in [1.82, 2.24) is 4.90 Å². The molecule has 0 aromatic heterocycles. The number of hydrogen-bond donors (Lipinski definition) is 2. The van der Waals surface area contributed by atoms with E-state index in [0.29, 0.717) is 6.04 Å². The molecule has 1 unspecified atom stereocenters. The molecule has 3 aliphatic heterocycles. The maximum Gasteiger partial charge on any atom is 0.250 e. The van der Waals surface area contributed by atoms with E-state index < -0.39 is 5.54 Å². The molecule has 0 aliphatic carbocycles. The van der Waals surface area contributed by atoms with Crippen molar-refractivity contribution in [2.24, 2.45) is 0 Å². The highest BCUT2D eigenvalue weighted by Crippen LogP contribution is 2.37. The number of carbonyl (C=O) groups excluding carboxylic acids is 1. The minimum Gasteiger partial charge on any atom is -0.370 e. The first-order valence-corrected chi connectivity index (χ1v) is 10.1. The first-order valence-electron chi connectivity index (χ1n) is 10.1. The van der Waals surface area contributed by atoms with Crippen molar-refractivity contribution in [3.05, 3.63) is 54.3 Å². The predicted molar refractivity (Wildman–Crippen MR) is 109 cm³/mol. The number of para-hydroxylation sites is 2. The number of nitrogens with zero attached hydrogens (tertiary/aromatic N) is 2. The van der Waals surface area contributed by atoms with Crippen LogP contribution in [0.25, 0.3) is 0 Å². The van der Waals surface area contributed by atoms with Crippen molar-refractivity contribution < 1.29 is 9.18 Å². The van der Waals surface area contributed by atoms with Gasteiger partial charge in [0.05, 0.1) is 11.4 Å². The van der Waals surface area contributed by atoms with Gasteiger partial charge in [-0.3, -0.25) is 9.69 Å². The van der Waals surface area contributed by atoms with E-state index in [2.05, 4.69) is 20.4 Å². The fourth-order valence-corrected chi connectivity index (χ4v) is 4.81. The average Bonchev–Trinajstić information content (AvgIpc) is 3.20. The Morgan fingerprint density at radius 1 is 0.964 bits per heavy atom. The van der Waals surface area contributed by atoms with Gasteiger partial charge in [-0.15, -0.1) is 0 Å². The fraction of sp³-hybridized carbons (Fsp3) is 0.409. The number of fused-ring (bicyclic) bond motifs is 1. The lowest BCUT2D eigenvalue weighted by Gasteiger charge is -2.45. The summed E-state index contributed by atoms with van der Waals surface area (Å²) in [5.74, 6) is -0.106. The predicted octanol–water partition coefficient (Wildman–Crippen LogP) is 3.30. The molecule has 0 bridgehead atoms. The Morgan fingerprint density at radius 2 is 1.68 bits per heavy atom. The van der Waals surface area contributed by atoms with E-state index in [9.17, 15) is 9.18 Å². The molecule has 5 rings (SSSR count). The van der Waals surface area contributed by atoms with E-state index in [1.807, 2.05) is 36.4 Å². The van der Waals surface area contributed by atoms with Crippen LogP contribution in [-0.2, 0) is 4.79 Å². The van der Waals surface area contributed by atoms with Gasteiger partial charge in [-0.25, -0.2) is 4.39 Å². The molecule has 0 saturated carbocycles. The van der Waals surface area contributed by atoms with Crippen LogP contribution in [0.1, 0.15) is 19.3 Å². The van der Waals surface area contributed by atoms with Crippen LogP contribution < -0.4 is 15.5 Å². The van der Waals surface area contributed by atoms with Crippen LogP contribution in [-0.4, -0.2) is 48.6 Å². The van der Waals surface area contributed by atoms with Gasteiger partial charge in [0, 0.05) is 37.9 Å². The summed E-state index contributed by atoms with van der Waals surface area (Å²) in [6.07, 6.45) is 2.72. The molecule has 28 heavy (non-hydrogen) atoms. The molecular formula is C22H25FN4O. The van der Waals surface area contributed by atoms with E-state index >= 15 is 0 Å². The lowest BCUT2D eigenvalue weighted by atomic mass is 9.84. The number of likely N-dealkylation sites (tertiary alicyclic amines) is 1. The van der Waals surface area contributed by atoms with E-state index in [1.54, 1.807) is 0 Å². The molecular weight excluding hydrogens is 355 g/mol. The molecule has 5 nitrogen and oxygen atoms in total. The summed E-state index contributed by atoms with van der Waals surface area (Å²) in [6, 6.07) is 15.2. The van der Waals surface area contributed by atoms with E-state index in [4.69, 9.17) is 0 Å². The van der Waals surface area contributed by atoms with Crippen LogP contribution in [0.15, 0.2) is 48.5 Å². The van der Waals surface area contributed by atoms with Crippen LogP contribution in [0.2, 0.25) is 0 Å². The highest BCUT2D eigenvalue weighted by atomic mass is 19.1. The Balaban J connectivity index is 1.23. The van der Waals surface area contributed by atoms with E-state index in [1.165, 1.54) is 12.1 Å². The third kappa shape index (κ3) is 3.02. The summed E-state index contributed by atoms with van der Waals surface area (Å²) in [7, 11) is 0. The number of rotatable bonds is 2. The minimum atomic E-state index is -0.500. The summed E-state index contributed by atoms with van der Waals surface area (Å²) in [5, 5.41) is 6.61. The van der Waals surface area contributed by atoms with Crippen LogP contribution in [0, 0.1) is 5.82 Å². The van der Waals surface area contributed by atoms with Crippen molar-refractivity contribution in [3.63, 3.8) is 0 Å². The van der Waals surface area contributed by atoms with E-state index in [0.717, 1.165) is 62.5 Å². The Kier molecular flexibility index (Phi) is 4.23. The molecule has 2 saturated heterocycles. The SMILES string of the molecule is O=C1Nc2ccccc2NC12CCN(C1CCN(c3ccc(F)cc3)C1)CC2. The zero-order valence-electron chi connectivity index (χ0n) is 15.8. The fourth-order valence-electron chi connectivity index (χ4n) is 4.81. The first kappa shape index (κ1) is 17.5. The lowest BCUT2D eigenvalue weighted by molar-refractivity contribution is -0.122. The standard InChI is InChI=1S/C22H25FN4O/c23-16-5-7-17(8-6-16)27-12-9-18(15-27)26-13-10-22(11-14-26)21(28)24-19-3-1-2-4-20(19)25-22/h1-8,18,25H,9-15H2,(H,24,28). The van der Waals surface area contributed by atoms with Gasteiger partial charge in [-0.05, 0) is 55.7 Å². The largest absolute Gasteiger partial charge is 0.370 e. The summed E-state index contributed by atoms with van der Waals surface area (Å²) >= 11 is 0. The number of halogens is 1. The number of anilines is 3. The van der Waals surface area contributed by atoms with E-state index in [-0.39, 0.29) is 11.7 Å². The molecule has 6 heteroatoms. The Hall–Kier alpha value is -2.60. The second kappa shape index (κ2) is 6.78. The van der Waals surface area contributed by atoms with Gasteiger partial charge in [0.25, 0.3) is 0 Å². The zero-order valence-corrected chi connectivity index (χ0v) is 15.8. The number of carbonyl (C=O) groups is 1. The third-order valence-corrected chi connectivity index (χ3v) is 6.51. The number of hydrogen-bond acceptors (Lipinski definition) is 4. The molecule has 1 spiro atoms. The van der Waals surface area contributed by atoms with Crippen molar-refractivity contribution in [1.29, 1.82) is 0 Å². The Bertz CT molecular complexity index is 876. The molecule has 1 atom stereocenters. The summed E-state index contributed by atoms with van der Waals surface area (Å²) < 4.78 is 13.2. The van der Waals surface area contributed by atoms with Gasteiger partial charge in [0.15, 0.2) is 0 Å². The molecule has 146 valence electrons. The zero-order chi connectivity index (χ0) is 19.1. The van der Waals surface area contributed by atoms with Gasteiger partial charge >= 0.3 is 0 Å². The third-order valence-electron chi connectivity index (χ3n) is 6.51. The van der Waals surface area contributed by atoms with Crippen LogP contribution >= 0.6 is 0 Å². The number of nitrogens with one attached hydrogen (secondary N) is 2. The maximum absolute atomic E-state index is 13.2. The van der Waals surface area contributed by atoms with Gasteiger partial charge in [0.2, 0.25) is 5.91 Å². The van der Waals surface area contributed by atoms with Crippen molar-refractivity contribution in [2.75, 3.05) is 41.7 Å². The molecule has 2 fully saturated rings. The van der Waals surface area contributed by atoms with Crippen molar-refractivity contribution >= 4 is 23.0 Å². The molecule has 0 radical (unpaired) electrons. The van der Waals surface area contributed by atoms with Gasteiger partial charge in [-0.1, -0.05) is 12.1 Å². The first-order chi connectivity index (χ1) is 13.6. The molecule has 2 aromatic carbocycles. The van der Waals surface area contributed by atoms with Gasteiger partial charge < -0.3 is 15.5 Å². The summed E-state index contributed by atoms with van der Waals surface area (Å²) in [4.78, 5) is 17.6. The number of amides is 1. The van der Waals surface area contributed by atoms with Crippen molar-refractivity contribution in [3.8, 4) is 0 Å². The summed E-state index contributed by atoms with van der Waals surface area (Å²) in [6.45, 7) is 3.76. The Morgan fingerprint density at radius 3 is 2.43 bits per heavy atom. The van der Waals surface area contributed by atoms with Crippen LogP contribution in [0.4, 0.5) is 21.5 Å². The maximum atomic E-state index is 13.2. The van der Waals surface area contributed by atoms with Crippen LogP contribution in [0.5, 0.6) is 0 Å². The highest BCUT2D eigenvalue weighted by Gasteiger charge is 2.45. The number of benzene rings is 2. The number of piperidine rings is 1. The molecule has 1 amide bonds. The quantitative estimate of drug-likeness (QED) is 0.839. The Labute approximate surface area is 164 Å². The van der Waals surface area contributed by atoms with Gasteiger partial charge in [-0.2, -0.15) is 0 Å². The summed E-state index contributed by atoms with van der Waals surface area (Å²) in [5.41, 5.74) is 2.47. The highest BCUT2D eigenvalue weighted by molar-refractivity contribution is 6.06. The smallest absolute Gasteiger partial charge is 0.250 e. The topological polar surface area (TPSA) is 47.6 Å². The van der Waals surface area contributed by atoms with Crippen molar-refractivity contribution in [2.45, 2.75) is 30.8 Å². The molecule has 3 aliphatic rings. The second-order valence-corrected chi connectivity index (χ2v) is 8.11. The molecule has 2 N–H and O–H groups in total. The minimum absolute atomic E-state index is 0.0882. The van der Waals surface area contributed by atoms with Crippen LogP contribution in [0.3, 0.4) is 0 Å². The second-order valence-electron chi connectivity index (χ2n) is 8.11. The lowest BCUT2D eigenvalue weighted by Crippen LogP contribution is -2.59. The average molecular weight is 380 g/mol. The molecule has 2 aromatic rings. The van der Waals surface area contributed by atoms with Gasteiger partial charge in [0.1, 0.15) is 11.4 Å².